The fourth-order valence-corrected chi connectivity index (χ4v) is 4.25. The van der Waals surface area contributed by atoms with E-state index in [1.807, 2.05) is 16.9 Å². The first-order chi connectivity index (χ1) is 16.2. The van der Waals surface area contributed by atoms with Gasteiger partial charge in [-0.25, -0.2) is 9.97 Å². The van der Waals surface area contributed by atoms with Crippen molar-refractivity contribution < 1.29 is 4.79 Å². The van der Waals surface area contributed by atoms with E-state index in [2.05, 4.69) is 27.1 Å². The number of carbonyl (C=O) groups excluding carboxylic acids is 1. The first kappa shape index (κ1) is 19.6. The first-order valence-electron chi connectivity index (χ1n) is 11.1. The van der Waals surface area contributed by atoms with Crippen molar-refractivity contribution in [1.82, 2.24) is 40.0 Å². The largest absolute Gasteiger partial charge is 0.353 e. The molecule has 1 atom stereocenters. The van der Waals surface area contributed by atoms with Gasteiger partial charge in [0.2, 0.25) is 11.9 Å². The molecule has 166 valence electrons. The lowest BCUT2D eigenvalue weighted by molar-refractivity contribution is -0.121. The second kappa shape index (κ2) is 7.83. The Hall–Kier alpha value is -4.04. The Labute approximate surface area is 188 Å². The molecule has 3 N–H and O–H groups in total. The summed E-state index contributed by atoms with van der Waals surface area (Å²) in [6.07, 6.45) is 7.25. The summed E-state index contributed by atoms with van der Waals surface area (Å²) in [5.41, 5.74) is 2.33. The zero-order valence-electron chi connectivity index (χ0n) is 17.8. The molecule has 6 rings (SSSR count). The third-order valence-electron chi connectivity index (χ3n) is 6.30. The molecule has 11 nitrogen and oxygen atoms in total. The molecule has 0 spiro atoms. The van der Waals surface area contributed by atoms with Crippen molar-refractivity contribution in [2.45, 2.75) is 31.3 Å². The number of fused-ring (bicyclic) bond motifs is 3. The van der Waals surface area contributed by atoms with E-state index in [1.165, 1.54) is 6.42 Å². The molecule has 0 unspecified atom stereocenters. The van der Waals surface area contributed by atoms with Crippen LogP contribution in [0.3, 0.4) is 0 Å². The number of benzene rings is 1. The monoisotopic (exact) mass is 442 g/mol. The highest BCUT2D eigenvalue weighted by atomic mass is 16.2. The second-order valence-corrected chi connectivity index (χ2v) is 8.41. The van der Waals surface area contributed by atoms with Gasteiger partial charge >= 0.3 is 0 Å². The van der Waals surface area contributed by atoms with E-state index in [4.69, 9.17) is 15.1 Å². The van der Waals surface area contributed by atoms with Crippen molar-refractivity contribution >= 4 is 28.4 Å². The topological polar surface area (TPSA) is 138 Å². The lowest BCUT2D eigenvalue weighted by Gasteiger charge is -2.25. The number of nitrogens with zero attached hydrogens (tertiary/aromatic N) is 7. The van der Waals surface area contributed by atoms with Gasteiger partial charge in [0, 0.05) is 31.2 Å². The van der Waals surface area contributed by atoms with Crippen LogP contribution in [0.1, 0.15) is 30.9 Å². The van der Waals surface area contributed by atoms with E-state index in [9.17, 15) is 10.1 Å². The second-order valence-electron chi connectivity index (χ2n) is 8.41. The van der Waals surface area contributed by atoms with Gasteiger partial charge in [-0.1, -0.05) is 6.07 Å². The highest BCUT2D eigenvalue weighted by Crippen LogP contribution is 2.32. The van der Waals surface area contributed by atoms with Crippen LogP contribution in [-0.2, 0) is 4.79 Å². The number of carbonyl (C=O) groups is 1. The summed E-state index contributed by atoms with van der Waals surface area (Å²) in [5, 5.41) is 28.9. The van der Waals surface area contributed by atoms with Crippen LogP contribution >= 0.6 is 0 Å². The average Bonchev–Trinajstić information content (AvgIpc) is 3.39. The van der Waals surface area contributed by atoms with Crippen molar-refractivity contribution in [3.8, 4) is 17.5 Å². The SMILES string of the molecule is N#Cc1cccc2c1nc(N[C@@H]1CNCCNC1=O)n1nc(-c3cnn(C4CCC4)c3)nc21. The highest BCUT2D eigenvalue weighted by Gasteiger charge is 2.25. The number of rotatable bonds is 4. The molecule has 2 aliphatic rings. The number of hydrogen-bond acceptors (Lipinski definition) is 8. The molecule has 1 amide bonds. The number of nitriles is 1. The number of amides is 1. The molecule has 1 saturated carbocycles. The van der Waals surface area contributed by atoms with Gasteiger partial charge < -0.3 is 16.0 Å². The normalized spacial score (nSPS) is 19.1. The number of nitrogens with one attached hydrogen (secondary N) is 3. The van der Waals surface area contributed by atoms with Crippen LogP contribution in [0.2, 0.25) is 0 Å². The fraction of sp³-hybridized carbons (Fsp3) is 0.364. The van der Waals surface area contributed by atoms with Gasteiger partial charge in [-0.2, -0.15) is 14.9 Å². The summed E-state index contributed by atoms with van der Waals surface area (Å²) in [5.74, 6) is 0.753. The Morgan fingerprint density at radius 1 is 1.21 bits per heavy atom. The third kappa shape index (κ3) is 3.35. The van der Waals surface area contributed by atoms with E-state index in [-0.39, 0.29) is 5.91 Å². The van der Waals surface area contributed by atoms with Crippen LogP contribution in [0.5, 0.6) is 0 Å². The highest BCUT2D eigenvalue weighted by molar-refractivity contribution is 5.96. The minimum Gasteiger partial charge on any atom is -0.353 e. The van der Waals surface area contributed by atoms with Crippen LogP contribution in [0.4, 0.5) is 5.95 Å². The Kier molecular flexibility index (Phi) is 4.66. The van der Waals surface area contributed by atoms with Crippen LogP contribution < -0.4 is 16.0 Å². The smallest absolute Gasteiger partial charge is 0.243 e. The van der Waals surface area contributed by atoms with Gasteiger partial charge in [0.25, 0.3) is 0 Å². The van der Waals surface area contributed by atoms with Gasteiger partial charge in [-0.15, -0.1) is 5.10 Å². The first-order valence-corrected chi connectivity index (χ1v) is 11.1. The molecule has 33 heavy (non-hydrogen) atoms. The minimum absolute atomic E-state index is 0.120. The standard InChI is InChI=1S/C22H22N10O/c23-9-13-3-1-6-16-18(13)28-22(27-17-11-24-7-8-25-21(17)33)32-20(16)29-19(30-32)14-10-26-31(12-14)15-4-2-5-15/h1,3,6,10,12,15,17,24H,2,4-5,7-8,11H2,(H,25,33)(H,27,28)/t17-/m1/s1. The van der Waals surface area contributed by atoms with Crippen LogP contribution in [0.25, 0.3) is 27.9 Å². The third-order valence-corrected chi connectivity index (χ3v) is 6.30. The van der Waals surface area contributed by atoms with Crippen molar-refractivity contribution in [1.29, 1.82) is 5.26 Å². The summed E-state index contributed by atoms with van der Waals surface area (Å²) < 4.78 is 3.59. The fourth-order valence-electron chi connectivity index (χ4n) is 4.25. The van der Waals surface area contributed by atoms with Crippen LogP contribution in [-0.4, -0.2) is 60.9 Å². The minimum atomic E-state index is -0.538. The van der Waals surface area contributed by atoms with Crippen molar-refractivity contribution in [2.24, 2.45) is 0 Å². The quantitative estimate of drug-likeness (QED) is 0.429. The average molecular weight is 442 g/mol. The summed E-state index contributed by atoms with van der Waals surface area (Å²) in [4.78, 5) is 22.0. The van der Waals surface area contributed by atoms with Crippen LogP contribution in [0, 0.1) is 11.3 Å². The van der Waals surface area contributed by atoms with E-state index in [0.717, 1.165) is 18.4 Å². The molecule has 1 aliphatic heterocycles. The Balaban J connectivity index is 1.49. The predicted octanol–water partition coefficient (Wildman–Crippen LogP) is 1.24. The predicted molar refractivity (Wildman–Crippen MR) is 120 cm³/mol. The van der Waals surface area contributed by atoms with E-state index in [0.29, 0.717) is 59.6 Å². The summed E-state index contributed by atoms with van der Waals surface area (Å²) in [6, 6.07) is 7.50. The maximum atomic E-state index is 12.5. The molecule has 2 fully saturated rings. The molecular formula is C22H22N10O. The van der Waals surface area contributed by atoms with Gasteiger partial charge in [0.15, 0.2) is 11.5 Å². The van der Waals surface area contributed by atoms with E-state index in [1.54, 1.807) is 22.8 Å². The molecule has 1 aromatic carbocycles. The summed E-state index contributed by atoms with van der Waals surface area (Å²) in [6.45, 7) is 1.71. The molecule has 4 heterocycles. The number of para-hydroxylation sites is 1. The molecule has 0 bridgehead atoms. The zero-order chi connectivity index (χ0) is 22.4. The van der Waals surface area contributed by atoms with E-state index >= 15 is 0 Å². The lowest BCUT2D eigenvalue weighted by atomic mass is 9.93. The summed E-state index contributed by atoms with van der Waals surface area (Å²) in [7, 11) is 0. The van der Waals surface area contributed by atoms with Gasteiger partial charge in [-0.3, -0.25) is 9.48 Å². The van der Waals surface area contributed by atoms with Crippen molar-refractivity contribution in [3.63, 3.8) is 0 Å². The van der Waals surface area contributed by atoms with Crippen molar-refractivity contribution in [2.75, 3.05) is 25.0 Å². The van der Waals surface area contributed by atoms with E-state index < -0.39 is 6.04 Å². The Morgan fingerprint density at radius 3 is 2.94 bits per heavy atom. The maximum absolute atomic E-state index is 12.5. The molecular weight excluding hydrogens is 420 g/mol. The van der Waals surface area contributed by atoms with Gasteiger partial charge in [-0.05, 0) is 31.4 Å². The van der Waals surface area contributed by atoms with Gasteiger partial charge in [0.05, 0.1) is 28.9 Å². The molecule has 4 aromatic rings. The Bertz CT molecular complexity index is 1410. The molecule has 3 aromatic heterocycles. The Morgan fingerprint density at radius 2 is 2.12 bits per heavy atom. The number of hydrogen-bond donors (Lipinski definition) is 3. The van der Waals surface area contributed by atoms with Crippen LogP contribution in [0.15, 0.2) is 30.6 Å². The maximum Gasteiger partial charge on any atom is 0.243 e. The van der Waals surface area contributed by atoms with Crippen molar-refractivity contribution in [3.05, 3.63) is 36.2 Å². The number of anilines is 1. The molecule has 11 heteroatoms. The summed E-state index contributed by atoms with van der Waals surface area (Å²) >= 11 is 0. The number of aromatic nitrogens is 6. The van der Waals surface area contributed by atoms with Gasteiger partial charge in [0.1, 0.15) is 12.1 Å². The molecule has 0 radical (unpaired) electrons. The molecule has 1 aliphatic carbocycles. The molecule has 1 saturated heterocycles. The lowest BCUT2D eigenvalue weighted by Crippen LogP contribution is -2.42. The zero-order valence-corrected chi connectivity index (χ0v) is 17.8.